The highest BCUT2D eigenvalue weighted by atomic mass is 15.1. The molecule has 0 radical (unpaired) electrons. The van der Waals surface area contributed by atoms with Gasteiger partial charge in [0.1, 0.15) is 0 Å². The van der Waals surface area contributed by atoms with E-state index >= 15 is 0 Å². The van der Waals surface area contributed by atoms with Crippen LogP contribution in [-0.4, -0.2) is 62.7 Å². The fourth-order valence-electron chi connectivity index (χ4n) is 3.74. The van der Waals surface area contributed by atoms with E-state index in [0.29, 0.717) is 0 Å². The van der Waals surface area contributed by atoms with E-state index in [1.54, 1.807) is 0 Å². The lowest BCUT2D eigenvalue weighted by Crippen LogP contribution is -2.42. The Bertz CT molecular complexity index is 243. The molecule has 2 aliphatic rings. The van der Waals surface area contributed by atoms with Gasteiger partial charge in [-0.25, -0.2) is 0 Å². The maximum absolute atomic E-state index is 3.47. The number of hydrogen-bond acceptors (Lipinski definition) is 3. The molecule has 2 rings (SSSR count). The van der Waals surface area contributed by atoms with E-state index in [0.717, 1.165) is 11.8 Å². The van der Waals surface area contributed by atoms with Crippen molar-refractivity contribution >= 4 is 0 Å². The van der Waals surface area contributed by atoms with Crippen molar-refractivity contribution in [3.8, 4) is 0 Å². The summed E-state index contributed by atoms with van der Waals surface area (Å²) in [5.74, 6) is 1.90. The molecule has 2 fully saturated rings. The van der Waals surface area contributed by atoms with E-state index in [1.807, 2.05) is 0 Å². The number of piperidine rings is 2. The monoisotopic (exact) mass is 281 g/mol. The molecule has 0 aromatic heterocycles. The summed E-state index contributed by atoms with van der Waals surface area (Å²) in [5.41, 5.74) is 0. The highest BCUT2D eigenvalue weighted by Gasteiger charge is 2.23. The molecule has 0 atom stereocenters. The van der Waals surface area contributed by atoms with Gasteiger partial charge in [0.25, 0.3) is 0 Å². The average Bonchev–Trinajstić information content (AvgIpc) is 2.48. The largest absolute Gasteiger partial charge is 0.317 e. The summed E-state index contributed by atoms with van der Waals surface area (Å²) in [4.78, 5) is 5.29. The van der Waals surface area contributed by atoms with Gasteiger partial charge < -0.3 is 15.1 Å². The van der Waals surface area contributed by atoms with Crippen LogP contribution in [0.2, 0.25) is 0 Å². The SMILES string of the molecule is CCCCN(C)CC1CCN(CC2CCNCC2)CC1. The lowest BCUT2D eigenvalue weighted by Gasteiger charge is -2.36. The summed E-state index contributed by atoms with van der Waals surface area (Å²) < 4.78 is 0. The summed E-state index contributed by atoms with van der Waals surface area (Å²) in [6.45, 7) is 11.4. The summed E-state index contributed by atoms with van der Waals surface area (Å²) in [5, 5.41) is 3.47. The van der Waals surface area contributed by atoms with Gasteiger partial charge in [-0.3, -0.25) is 0 Å². The van der Waals surface area contributed by atoms with Crippen LogP contribution in [0.1, 0.15) is 45.4 Å². The third-order valence-electron chi connectivity index (χ3n) is 5.15. The van der Waals surface area contributed by atoms with E-state index < -0.39 is 0 Å². The fraction of sp³-hybridized carbons (Fsp3) is 1.00. The smallest absolute Gasteiger partial charge is 0.00106 e. The minimum absolute atomic E-state index is 0.945. The van der Waals surface area contributed by atoms with E-state index in [1.165, 1.54) is 84.3 Å². The van der Waals surface area contributed by atoms with Crippen molar-refractivity contribution in [1.82, 2.24) is 15.1 Å². The number of likely N-dealkylation sites (tertiary alicyclic amines) is 1. The number of nitrogens with one attached hydrogen (secondary N) is 1. The van der Waals surface area contributed by atoms with E-state index in [4.69, 9.17) is 0 Å². The van der Waals surface area contributed by atoms with Crippen LogP contribution in [0, 0.1) is 11.8 Å². The predicted octanol–water partition coefficient (Wildman–Crippen LogP) is 2.43. The molecule has 0 aromatic carbocycles. The molecular formula is C17H35N3. The van der Waals surface area contributed by atoms with Crippen molar-refractivity contribution in [1.29, 1.82) is 0 Å². The Morgan fingerprint density at radius 2 is 1.75 bits per heavy atom. The number of rotatable bonds is 7. The second-order valence-electron chi connectivity index (χ2n) is 7.05. The third-order valence-corrected chi connectivity index (χ3v) is 5.15. The van der Waals surface area contributed by atoms with E-state index in [9.17, 15) is 0 Å². The van der Waals surface area contributed by atoms with Crippen LogP contribution < -0.4 is 5.32 Å². The van der Waals surface area contributed by atoms with Crippen LogP contribution in [0.3, 0.4) is 0 Å². The Balaban J connectivity index is 1.59. The molecule has 0 bridgehead atoms. The van der Waals surface area contributed by atoms with Crippen LogP contribution in [0.25, 0.3) is 0 Å². The van der Waals surface area contributed by atoms with Gasteiger partial charge in [-0.05, 0) is 83.7 Å². The first kappa shape index (κ1) is 16.3. The molecule has 3 heteroatoms. The molecule has 2 aliphatic heterocycles. The maximum Gasteiger partial charge on any atom is 0.00106 e. The Kier molecular flexibility index (Phi) is 7.32. The summed E-state index contributed by atoms with van der Waals surface area (Å²) in [6, 6.07) is 0. The molecule has 2 saturated heterocycles. The number of hydrogen-bond donors (Lipinski definition) is 1. The molecule has 0 aliphatic carbocycles. The van der Waals surface area contributed by atoms with E-state index in [-0.39, 0.29) is 0 Å². The van der Waals surface area contributed by atoms with Gasteiger partial charge in [0.15, 0.2) is 0 Å². The van der Waals surface area contributed by atoms with Gasteiger partial charge in [0.2, 0.25) is 0 Å². The topological polar surface area (TPSA) is 18.5 Å². The molecule has 0 saturated carbocycles. The van der Waals surface area contributed by atoms with Crippen molar-refractivity contribution < 1.29 is 0 Å². The van der Waals surface area contributed by atoms with Crippen molar-refractivity contribution in [2.45, 2.75) is 45.4 Å². The molecular weight excluding hydrogens is 246 g/mol. The predicted molar refractivity (Wildman–Crippen MR) is 87.2 cm³/mol. The number of nitrogens with zero attached hydrogens (tertiary/aromatic N) is 2. The first-order valence-corrected chi connectivity index (χ1v) is 8.89. The lowest BCUT2D eigenvalue weighted by atomic mass is 9.93. The second-order valence-corrected chi connectivity index (χ2v) is 7.05. The van der Waals surface area contributed by atoms with E-state index in [2.05, 4.69) is 29.1 Å². The minimum Gasteiger partial charge on any atom is -0.317 e. The highest BCUT2D eigenvalue weighted by Crippen LogP contribution is 2.21. The van der Waals surface area contributed by atoms with Crippen LogP contribution in [0.15, 0.2) is 0 Å². The van der Waals surface area contributed by atoms with Crippen molar-refractivity contribution in [3.63, 3.8) is 0 Å². The minimum atomic E-state index is 0.945. The first-order valence-electron chi connectivity index (χ1n) is 8.89. The third kappa shape index (κ3) is 5.71. The van der Waals surface area contributed by atoms with Crippen LogP contribution >= 0.6 is 0 Å². The Morgan fingerprint density at radius 1 is 1.05 bits per heavy atom. The van der Waals surface area contributed by atoms with Gasteiger partial charge in [-0.2, -0.15) is 0 Å². The van der Waals surface area contributed by atoms with Crippen LogP contribution in [0.5, 0.6) is 0 Å². The molecule has 2 heterocycles. The molecule has 0 amide bonds. The molecule has 20 heavy (non-hydrogen) atoms. The van der Waals surface area contributed by atoms with Crippen LogP contribution in [-0.2, 0) is 0 Å². The second kappa shape index (κ2) is 9.01. The molecule has 0 spiro atoms. The highest BCUT2D eigenvalue weighted by molar-refractivity contribution is 4.78. The Labute approximate surface area is 126 Å². The molecule has 0 unspecified atom stereocenters. The Morgan fingerprint density at radius 3 is 2.40 bits per heavy atom. The van der Waals surface area contributed by atoms with Gasteiger partial charge in [0.05, 0.1) is 0 Å². The fourth-order valence-corrected chi connectivity index (χ4v) is 3.74. The van der Waals surface area contributed by atoms with Crippen molar-refractivity contribution in [3.05, 3.63) is 0 Å². The van der Waals surface area contributed by atoms with Crippen molar-refractivity contribution in [2.75, 3.05) is 52.9 Å². The zero-order valence-corrected chi connectivity index (χ0v) is 13.7. The number of unbranched alkanes of at least 4 members (excludes halogenated alkanes) is 1. The standard InChI is InChI=1S/C17H35N3/c1-3-4-11-19(2)14-17-7-12-20(13-8-17)15-16-5-9-18-10-6-16/h16-18H,3-15H2,1-2H3. The molecule has 0 aromatic rings. The molecule has 1 N–H and O–H groups in total. The summed E-state index contributed by atoms with van der Waals surface area (Å²) in [7, 11) is 2.30. The molecule has 118 valence electrons. The van der Waals surface area contributed by atoms with Gasteiger partial charge >= 0.3 is 0 Å². The van der Waals surface area contributed by atoms with Crippen molar-refractivity contribution in [2.24, 2.45) is 11.8 Å². The van der Waals surface area contributed by atoms with Gasteiger partial charge in [-0.15, -0.1) is 0 Å². The summed E-state index contributed by atoms with van der Waals surface area (Å²) >= 11 is 0. The maximum atomic E-state index is 3.47. The zero-order chi connectivity index (χ0) is 14.2. The lowest BCUT2D eigenvalue weighted by molar-refractivity contribution is 0.130. The summed E-state index contributed by atoms with van der Waals surface area (Å²) in [6.07, 6.45) is 8.28. The first-order chi connectivity index (χ1) is 9.78. The van der Waals surface area contributed by atoms with Crippen LogP contribution in [0.4, 0.5) is 0 Å². The Hall–Kier alpha value is -0.120. The molecule has 3 nitrogen and oxygen atoms in total. The van der Waals surface area contributed by atoms with Gasteiger partial charge in [0, 0.05) is 13.1 Å². The average molecular weight is 281 g/mol. The quantitative estimate of drug-likeness (QED) is 0.773. The normalized spacial score (nSPS) is 23.6. The zero-order valence-electron chi connectivity index (χ0n) is 13.7. The van der Waals surface area contributed by atoms with Gasteiger partial charge in [-0.1, -0.05) is 13.3 Å².